The van der Waals surface area contributed by atoms with E-state index in [2.05, 4.69) is 5.32 Å². The molecule has 1 aliphatic heterocycles. The van der Waals surface area contributed by atoms with Gasteiger partial charge in [-0.3, -0.25) is 14.4 Å². The number of likely N-dealkylation sites (tertiary alicyclic amines) is 1. The molecule has 23 heavy (non-hydrogen) atoms. The average molecular weight is 338 g/mol. The molecule has 1 aromatic heterocycles. The van der Waals surface area contributed by atoms with Crippen LogP contribution < -0.4 is 5.32 Å². The number of carboxylic acid groups (broad SMARTS) is 1. The first-order valence-corrected chi connectivity index (χ1v) is 8.64. The maximum absolute atomic E-state index is 12.7. The fourth-order valence-corrected chi connectivity index (χ4v) is 3.30. The van der Waals surface area contributed by atoms with Gasteiger partial charge in [-0.15, -0.1) is 11.3 Å². The van der Waals surface area contributed by atoms with E-state index in [0.717, 1.165) is 0 Å². The van der Waals surface area contributed by atoms with Crippen LogP contribution in [-0.2, 0) is 9.59 Å². The van der Waals surface area contributed by atoms with Crippen LogP contribution in [0, 0.1) is 11.8 Å². The van der Waals surface area contributed by atoms with E-state index in [9.17, 15) is 14.4 Å². The Morgan fingerprint density at radius 1 is 1.30 bits per heavy atom. The minimum atomic E-state index is -0.802. The number of carboxylic acids is 1. The number of aliphatic carboxylic acids is 1. The summed E-state index contributed by atoms with van der Waals surface area (Å²) in [7, 11) is 0. The Kier molecular flexibility index (Phi) is 5.76. The predicted octanol–water partition coefficient (Wildman–Crippen LogP) is 1.83. The van der Waals surface area contributed by atoms with Gasteiger partial charge in [0.15, 0.2) is 0 Å². The van der Waals surface area contributed by atoms with Crippen LogP contribution in [0.3, 0.4) is 0 Å². The first kappa shape index (κ1) is 17.5. The van der Waals surface area contributed by atoms with Crippen LogP contribution in [0.25, 0.3) is 0 Å². The van der Waals surface area contributed by atoms with Crippen LogP contribution in [0.5, 0.6) is 0 Å². The summed E-state index contributed by atoms with van der Waals surface area (Å²) in [5, 5.41) is 13.7. The third-order valence-corrected chi connectivity index (χ3v) is 4.99. The molecule has 2 rings (SSSR count). The lowest BCUT2D eigenvalue weighted by atomic mass is 9.95. The molecule has 1 saturated heterocycles. The Bertz CT molecular complexity index is 563. The predicted molar refractivity (Wildman–Crippen MR) is 87.4 cm³/mol. The lowest BCUT2D eigenvalue weighted by Crippen LogP contribution is -2.53. The van der Waals surface area contributed by atoms with Crippen molar-refractivity contribution in [1.82, 2.24) is 10.2 Å². The summed E-state index contributed by atoms with van der Waals surface area (Å²) in [6.07, 6.45) is 0.926. The maximum Gasteiger partial charge on any atom is 0.306 e. The Balaban J connectivity index is 1.99. The molecule has 0 spiro atoms. The molecule has 0 saturated carbocycles. The van der Waals surface area contributed by atoms with E-state index >= 15 is 0 Å². The van der Waals surface area contributed by atoms with Gasteiger partial charge in [-0.1, -0.05) is 19.9 Å². The molecule has 1 aliphatic rings. The third-order valence-electron chi connectivity index (χ3n) is 4.12. The number of hydrogen-bond acceptors (Lipinski definition) is 4. The molecule has 7 heteroatoms. The van der Waals surface area contributed by atoms with E-state index in [4.69, 9.17) is 5.11 Å². The SMILES string of the molecule is CC(C)C(NC(=O)c1cccs1)C(=O)N1CCC(C(=O)O)CC1. The van der Waals surface area contributed by atoms with Gasteiger partial charge < -0.3 is 15.3 Å². The minimum absolute atomic E-state index is 0.0383. The van der Waals surface area contributed by atoms with Crippen molar-refractivity contribution in [3.05, 3.63) is 22.4 Å². The molecule has 1 unspecified atom stereocenters. The first-order chi connectivity index (χ1) is 10.9. The third kappa shape index (κ3) is 4.31. The van der Waals surface area contributed by atoms with E-state index in [-0.39, 0.29) is 23.7 Å². The van der Waals surface area contributed by atoms with Gasteiger partial charge in [-0.05, 0) is 30.2 Å². The minimum Gasteiger partial charge on any atom is -0.481 e. The second kappa shape index (κ2) is 7.59. The topological polar surface area (TPSA) is 86.7 Å². The van der Waals surface area contributed by atoms with Crippen LogP contribution in [-0.4, -0.2) is 46.9 Å². The summed E-state index contributed by atoms with van der Waals surface area (Å²) in [6.45, 7) is 4.63. The highest BCUT2D eigenvalue weighted by Gasteiger charge is 2.33. The highest BCUT2D eigenvalue weighted by Crippen LogP contribution is 2.19. The van der Waals surface area contributed by atoms with E-state index in [1.54, 1.807) is 17.0 Å². The van der Waals surface area contributed by atoms with Crippen molar-refractivity contribution in [2.75, 3.05) is 13.1 Å². The molecule has 1 aromatic rings. The molecular weight excluding hydrogens is 316 g/mol. The normalized spacial score (nSPS) is 17.1. The molecular formula is C16H22N2O4S. The van der Waals surface area contributed by atoms with Crippen molar-refractivity contribution < 1.29 is 19.5 Å². The second-order valence-corrected chi connectivity index (χ2v) is 7.06. The largest absolute Gasteiger partial charge is 0.481 e. The first-order valence-electron chi connectivity index (χ1n) is 7.76. The van der Waals surface area contributed by atoms with Crippen LogP contribution in [0.15, 0.2) is 17.5 Å². The van der Waals surface area contributed by atoms with Crippen LogP contribution >= 0.6 is 11.3 Å². The Labute approximate surface area is 139 Å². The number of amides is 2. The average Bonchev–Trinajstić information content (AvgIpc) is 3.06. The molecule has 1 atom stereocenters. The number of nitrogens with zero attached hydrogens (tertiary/aromatic N) is 1. The summed E-state index contributed by atoms with van der Waals surface area (Å²) in [4.78, 5) is 38.1. The quantitative estimate of drug-likeness (QED) is 0.857. The van der Waals surface area contributed by atoms with Gasteiger partial charge in [0.2, 0.25) is 5.91 Å². The summed E-state index contributed by atoms with van der Waals surface area (Å²) >= 11 is 1.33. The number of rotatable bonds is 5. The zero-order valence-electron chi connectivity index (χ0n) is 13.3. The fraction of sp³-hybridized carbons (Fsp3) is 0.562. The monoisotopic (exact) mass is 338 g/mol. The number of carbonyl (C=O) groups excluding carboxylic acids is 2. The molecule has 2 N–H and O–H groups in total. The van der Waals surface area contributed by atoms with Gasteiger partial charge >= 0.3 is 5.97 Å². The summed E-state index contributed by atoms with van der Waals surface area (Å²) in [5.41, 5.74) is 0. The molecule has 0 radical (unpaired) electrons. The molecule has 6 nitrogen and oxygen atoms in total. The number of piperidine rings is 1. The summed E-state index contributed by atoms with van der Waals surface area (Å²) < 4.78 is 0. The lowest BCUT2D eigenvalue weighted by Gasteiger charge is -2.34. The molecule has 2 heterocycles. The van der Waals surface area contributed by atoms with Crippen LogP contribution in [0.1, 0.15) is 36.4 Å². The van der Waals surface area contributed by atoms with Gasteiger partial charge in [0.1, 0.15) is 6.04 Å². The highest BCUT2D eigenvalue weighted by atomic mass is 32.1. The van der Waals surface area contributed by atoms with Crippen molar-refractivity contribution in [1.29, 1.82) is 0 Å². The number of nitrogens with one attached hydrogen (secondary N) is 1. The maximum atomic E-state index is 12.7. The van der Waals surface area contributed by atoms with Gasteiger partial charge in [0, 0.05) is 13.1 Å². The zero-order chi connectivity index (χ0) is 17.0. The molecule has 1 fully saturated rings. The molecule has 2 amide bonds. The second-order valence-electron chi connectivity index (χ2n) is 6.11. The van der Waals surface area contributed by atoms with Crippen molar-refractivity contribution >= 4 is 29.1 Å². The van der Waals surface area contributed by atoms with Gasteiger partial charge in [-0.25, -0.2) is 0 Å². The molecule has 0 bridgehead atoms. The van der Waals surface area contributed by atoms with Crippen LogP contribution in [0.4, 0.5) is 0 Å². The van der Waals surface area contributed by atoms with Crippen molar-refractivity contribution in [2.24, 2.45) is 11.8 Å². The highest BCUT2D eigenvalue weighted by molar-refractivity contribution is 7.12. The summed E-state index contributed by atoms with van der Waals surface area (Å²) in [5.74, 6) is -1.59. The van der Waals surface area contributed by atoms with E-state index in [1.165, 1.54) is 11.3 Å². The number of hydrogen-bond donors (Lipinski definition) is 2. The standard InChI is InChI=1S/C16H22N2O4S/c1-10(2)13(17-14(19)12-4-3-9-23-12)15(20)18-7-5-11(6-8-18)16(21)22/h3-4,9-11,13H,5-8H2,1-2H3,(H,17,19)(H,21,22). The van der Waals surface area contributed by atoms with Gasteiger partial charge in [0.25, 0.3) is 5.91 Å². The Morgan fingerprint density at radius 3 is 2.43 bits per heavy atom. The fourth-order valence-electron chi connectivity index (χ4n) is 2.68. The summed E-state index contributed by atoms with van der Waals surface area (Å²) in [6, 6.07) is 2.92. The van der Waals surface area contributed by atoms with Gasteiger partial charge in [-0.2, -0.15) is 0 Å². The van der Waals surface area contributed by atoms with E-state index in [0.29, 0.717) is 30.8 Å². The van der Waals surface area contributed by atoms with E-state index in [1.807, 2.05) is 19.2 Å². The smallest absolute Gasteiger partial charge is 0.306 e. The van der Waals surface area contributed by atoms with Crippen molar-refractivity contribution in [3.8, 4) is 0 Å². The van der Waals surface area contributed by atoms with Crippen molar-refractivity contribution in [3.63, 3.8) is 0 Å². The number of carbonyl (C=O) groups is 3. The van der Waals surface area contributed by atoms with Crippen LogP contribution in [0.2, 0.25) is 0 Å². The van der Waals surface area contributed by atoms with E-state index < -0.39 is 12.0 Å². The van der Waals surface area contributed by atoms with Crippen molar-refractivity contribution in [2.45, 2.75) is 32.7 Å². The zero-order valence-corrected chi connectivity index (χ0v) is 14.1. The Hall–Kier alpha value is -1.89. The van der Waals surface area contributed by atoms with Gasteiger partial charge in [0.05, 0.1) is 10.8 Å². The number of thiophene rings is 1. The molecule has 0 aliphatic carbocycles. The molecule has 0 aromatic carbocycles. The molecule has 126 valence electrons. The lowest BCUT2D eigenvalue weighted by molar-refractivity contribution is -0.146. The Morgan fingerprint density at radius 2 is 1.96 bits per heavy atom.